The van der Waals surface area contributed by atoms with E-state index in [0.717, 1.165) is 35.2 Å². The minimum Gasteiger partial charge on any atom is -0.507 e. The minimum atomic E-state index is -0.376. The van der Waals surface area contributed by atoms with Crippen molar-refractivity contribution in [3.8, 4) is 17.1 Å². The number of carbonyl (C=O) groups excluding carboxylic acids is 1. The topological polar surface area (TPSA) is 87.6 Å². The lowest BCUT2D eigenvalue weighted by Crippen LogP contribution is -2.38. The zero-order chi connectivity index (χ0) is 22.0. The van der Waals surface area contributed by atoms with Crippen molar-refractivity contribution in [2.24, 2.45) is 5.92 Å². The highest BCUT2D eigenvalue weighted by molar-refractivity contribution is 5.92. The van der Waals surface area contributed by atoms with Gasteiger partial charge in [-0.1, -0.05) is 32.0 Å². The number of ether oxygens (including phenoxy) is 1. The minimum absolute atomic E-state index is 0. The number of aryl methyl sites for hydroxylation is 1. The van der Waals surface area contributed by atoms with Crippen LogP contribution >= 0.6 is 12.4 Å². The van der Waals surface area contributed by atoms with Crippen LogP contribution in [0.1, 0.15) is 25.8 Å². The average Bonchev–Trinajstić information content (AvgIpc) is 3.19. The van der Waals surface area contributed by atoms with Crippen LogP contribution in [0.25, 0.3) is 22.3 Å². The molecule has 0 bridgehead atoms. The Morgan fingerprint density at radius 3 is 2.78 bits per heavy atom. The summed E-state index contributed by atoms with van der Waals surface area (Å²) in [6, 6.07) is 13.2. The molecule has 0 saturated carbocycles. The Labute approximate surface area is 194 Å². The van der Waals surface area contributed by atoms with Crippen LogP contribution in [0.3, 0.4) is 0 Å². The maximum atomic E-state index is 12.1. The zero-order valence-electron chi connectivity index (χ0n) is 18.5. The monoisotopic (exact) mass is 456 g/mol. The quantitative estimate of drug-likeness (QED) is 0.579. The third-order valence-electron chi connectivity index (χ3n) is 5.33. The van der Waals surface area contributed by atoms with Crippen molar-refractivity contribution < 1.29 is 14.6 Å². The van der Waals surface area contributed by atoms with Crippen LogP contribution in [0.5, 0.6) is 5.75 Å². The third kappa shape index (κ3) is 5.22. The predicted molar refractivity (Wildman–Crippen MR) is 129 cm³/mol. The van der Waals surface area contributed by atoms with Crippen molar-refractivity contribution in [3.63, 3.8) is 0 Å². The number of anilines is 1. The van der Waals surface area contributed by atoms with Crippen molar-refractivity contribution in [1.82, 2.24) is 15.3 Å². The van der Waals surface area contributed by atoms with Gasteiger partial charge in [0.15, 0.2) is 5.82 Å². The van der Waals surface area contributed by atoms with Gasteiger partial charge in [-0.05, 0) is 49.1 Å². The van der Waals surface area contributed by atoms with Gasteiger partial charge in [0, 0.05) is 18.5 Å². The second-order valence-corrected chi connectivity index (χ2v) is 8.48. The number of alkyl carbamates (subject to hydrolysis) is 1. The van der Waals surface area contributed by atoms with Crippen LogP contribution in [0.15, 0.2) is 42.5 Å². The van der Waals surface area contributed by atoms with Gasteiger partial charge in [-0.15, -0.1) is 12.4 Å². The van der Waals surface area contributed by atoms with Crippen LogP contribution in [-0.2, 0) is 4.74 Å². The first-order chi connectivity index (χ1) is 14.9. The molecule has 1 aromatic heterocycles. The predicted octanol–water partition coefficient (Wildman–Crippen LogP) is 4.69. The number of phenolic OH excluding ortho intramolecular Hbond substituents is 1. The molecular weight excluding hydrogens is 428 g/mol. The Hall–Kier alpha value is -3.06. The Morgan fingerprint density at radius 2 is 2.03 bits per heavy atom. The van der Waals surface area contributed by atoms with Gasteiger partial charge in [0.05, 0.1) is 23.7 Å². The van der Waals surface area contributed by atoms with E-state index in [9.17, 15) is 9.90 Å². The average molecular weight is 457 g/mol. The smallest absolute Gasteiger partial charge is 0.407 e. The molecule has 1 amide bonds. The van der Waals surface area contributed by atoms with E-state index in [1.54, 1.807) is 12.1 Å². The van der Waals surface area contributed by atoms with Gasteiger partial charge < -0.3 is 20.1 Å². The molecule has 3 aromatic rings. The SMILES string of the molecule is Cc1ccc2c(N3CC[C@@H](NC(=O)OCC(C)C)C3)nc(-c3ccccc3O)nc2c1.Cl. The number of aromatic hydroxyl groups is 1. The van der Waals surface area contributed by atoms with Gasteiger partial charge in [-0.3, -0.25) is 0 Å². The van der Waals surface area contributed by atoms with E-state index < -0.39 is 0 Å². The Bertz CT molecular complexity index is 1110. The standard InChI is InChI=1S/C24H28N4O3.ClH/c1-15(2)14-31-24(30)25-17-10-11-28(13-17)23-18-9-8-16(3)12-20(18)26-22(27-23)19-6-4-5-7-21(19)29;/h4-9,12,15,17,29H,10-11,13-14H2,1-3H3,(H,25,30);1H/t17-;/m1./s1. The van der Waals surface area contributed by atoms with Gasteiger partial charge in [-0.2, -0.15) is 0 Å². The molecule has 1 aliphatic rings. The molecule has 0 unspecified atom stereocenters. The number of hydrogen-bond acceptors (Lipinski definition) is 6. The number of fused-ring (bicyclic) bond motifs is 1. The second kappa shape index (κ2) is 10.0. The van der Waals surface area contributed by atoms with E-state index in [-0.39, 0.29) is 30.3 Å². The van der Waals surface area contributed by atoms with Crippen molar-refractivity contribution >= 4 is 35.2 Å². The lowest BCUT2D eigenvalue weighted by atomic mass is 10.1. The number of para-hydroxylation sites is 1. The normalized spacial score (nSPS) is 15.6. The zero-order valence-corrected chi connectivity index (χ0v) is 19.4. The molecule has 0 aliphatic carbocycles. The number of nitrogens with zero attached hydrogens (tertiary/aromatic N) is 3. The summed E-state index contributed by atoms with van der Waals surface area (Å²) in [6.07, 6.45) is 0.429. The number of aromatic nitrogens is 2. The molecule has 0 spiro atoms. The highest BCUT2D eigenvalue weighted by Gasteiger charge is 2.27. The second-order valence-electron chi connectivity index (χ2n) is 8.48. The summed E-state index contributed by atoms with van der Waals surface area (Å²) in [5.74, 6) is 1.74. The fourth-order valence-electron chi connectivity index (χ4n) is 3.77. The third-order valence-corrected chi connectivity index (χ3v) is 5.33. The summed E-state index contributed by atoms with van der Waals surface area (Å²) in [4.78, 5) is 23.8. The number of hydrogen-bond donors (Lipinski definition) is 2. The Balaban J connectivity index is 0.00000289. The largest absolute Gasteiger partial charge is 0.507 e. The molecule has 1 fully saturated rings. The summed E-state index contributed by atoms with van der Waals surface area (Å²) in [5, 5.41) is 14.2. The fraction of sp³-hybridized carbons (Fsp3) is 0.375. The number of phenols is 1. The summed E-state index contributed by atoms with van der Waals surface area (Å²) < 4.78 is 5.26. The molecule has 2 N–H and O–H groups in total. The molecule has 32 heavy (non-hydrogen) atoms. The molecule has 8 heteroatoms. The highest BCUT2D eigenvalue weighted by Crippen LogP contribution is 2.33. The molecular formula is C24H29ClN4O3. The Kier molecular flexibility index (Phi) is 7.40. The molecule has 170 valence electrons. The first-order valence-corrected chi connectivity index (χ1v) is 10.7. The van der Waals surface area contributed by atoms with Crippen LogP contribution < -0.4 is 10.2 Å². The molecule has 1 saturated heterocycles. The number of halogens is 1. The van der Waals surface area contributed by atoms with Crippen molar-refractivity contribution in [1.29, 1.82) is 0 Å². The van der Waals surface area contributed by atoms with E-state index in [1.807, 2.05) is 51.1 Å². The van der Waals surface area contributed by atoms with Crippen LogP contribution in [0, 0.1) is 12.8 Å². The molecule has 0 radical (unpaired) electrons. The maximum Gasteiger partial charge on any atom is 0.407 e. The molecule has 1 aliphatic heterocycles. The molecule has 2 aromatic carbocycles. The lowest BCUT2D eigenvalue weighted by Gasteiger charge is -2.21. The molecule has 1 atom stereocenters. The van der Waals surface area contributed by atoms with Gasteiger partial charge in [0.1, 0.15) is 11.6 Å². The summed E-state index contributed by atoms with van der Waals surface area (Å²) in [7, 11) is 0. The van der Waals surface area contributed by atoms with Gasteiger partial charge in [-0.25, -0.2) is 14.8 Å². The molecule has 2 heterocycles. The molecule has 4 rings (SSSR count). The number of rotatable bonds is 5. The van der Waals surface area contributed by atoms with E-state index in [0.29, 0.717) is 30.5 Å². The summed E-state index contributed by atoms with van der Waals surface area (Å²) in [5.41, 5.74) is 2.53. The fourth-order valence-corrected chi connectivity index (χ4v) is 3.77. The lowest BCUT2D eigenvalue weighted by molar-refractivity contribution is 0.130. The van der Waals surface area contributed by atoms with Crippen molar-refractivity contribution in [3.05, 3.63) is 48.0 Å². The van der Waals surface area contributed by atoms with Crippen LogP contribution in [-0.4, -0.2) is 46.9 Å². The van der Waals surface area contributed by atoms with Crippen molar-refractivity contribution in [2.45, 2.75) is 33.2 Å². The summed E-state index contributed by atoms with van der Waals surface area (Å²) >= 11 is 0. The van der Waals surface area contributed by atoms with E-state index >= 15 is 0 Å². The van der Waals surface area contributed by atoms with Crippen molar-refractivity contribution in [2.75, 3.05) is 24.6 Å². The Morgan fingerprint density at radius 1 is 1.25 bits per heavy atom. The number of nitrogens with one attached hydrogen (secondary N) is 1. The summed E-state index contributed by atoms with van der Waals surface area (Å²) in [6.45, 7) is 7.84. The van der Waals surface area contributed by atoms with E-state index in [4.69, 9.17) is 14.7 Å². The van der Waals surface area contributed by atoms with E-state index in [2.05, 4.69) is 10.2 Å². The van der Waals surface area contributed by atoms with Gasteiger partial charge in [0.2, 0.25) is 0 Å². The van der Waals surface area contributed by atoms with Crippen LogP contribution in [0.2, 0.25) is 0 Å². The number of amides is 1. The first-order valence-electron chi connectivity index (χ1n) is 10.7. The number of carbonyl (C=O) groups is 1. The highest BCUT2D eigenvalue weighted by atomic mass is 35.5. The number of benzene rings is 2. The van der Waals surface area contributed by atoms with Crippen LogP contribution in [0.4, 0.5) is 10.6 Å². The van der Waals surface area contributed by atoms with Gasteiger partial charge >= 0.3 is 6.09 Å². The first kappa shape index (κ1) is 23.6. The van der Waals surface area contributed by atoms with Gasteiger partial charge in [0.25, 0.3) is 0 Å². The molecule has 7 nitrogen and oxygen atoms in total. The maximum absolute atomic E-state index is 12.1. The van der Waals surface area contributed by atoms with E-state index in [1.165, 1.54) is 0 Å².